The summed E-state index contributed by atoms with van der Waals surface area (Å²) in [5, 5.41) is 21.3. The number of hydrogen-bond donors (Lipinski definition) is 0. The Kier molecular flexibility index (Phi) is 5.35. The SMILES string of the molecule is Cc1cc(CN2N=NN(c3ccc(OC(F)(F)F)cc3)C2C=O)ccc1[N+](=O)[O-]. The predicted molar refractivity (Wildman–Crippen MR) is 93.7 cm³/mol. The average Bonchev–Trinajstić information content (AvgIpc) is 3.03. The summed E-state index contributed by atoms with van der Waals surface area (Å²) in [6.07, 6.45) is -5.15. The van der Waals surface area contributed by atoms with Crippen LogP contribution in [0.25, 0.3) is 0 Å². The Balaban J connectivity index is 1.73. The van der Waals surface area contributed by atoms with E-state index in [1.165, 1.54) is 28.2 Å². The van der Waals surface area contributed by atoms with Crippen molar-refractivity contribution in [1.29, 1.82) is 0 Å². The number of ether oxygens (including phenoxy) is 1. The number of alkyl halides is 3. The van der Waals surface area contributed by atoms with Crippen LogP contribution in [0.15, 0.2) is 52.9 Å². The molecule has 0 spiro atoms. The fraction of sp³-hybridized carbons (Fsp3) is 0.235. The van der Waals surface area contributed by atoms with Crippen molar-refractivity contribution in [3.8, 4) is 5.75 Å². The Morgan fingerprint density at radius 2 is 1.90 bits per heavy atom. The topological polar surface area (TPSA) is 101 Å². The largest absolute Gasteiger partial charge is 0.573 e. The highest BCUT2D eigenvalue weighted by Gasteiger charge is 2.33. The van der Waals surface area contributed by atoms with E-state index in [9.17, 15) is 28.1 Å². The zero-order valence-electron chi connectivity index (χ0n) is 14.9. The van der Waals surface area contributed by atoms with Gasteiger partial charge < -0.3 is 4.74 Å². The molecule has 0 bridgehead atoms. The molecule has 0 saturated heterocycles. The van der Waals surface area contributed by atoms with Crippen LogP contribution in [0.5, 0.6) is 5.75 Å². The van der Waals surface area contributed by atoms with Gasteiger partial charge in [-0.05, 0) is 48.0 Å². The molecule has 1 unspecified atom stereocenters. The van der Waals surface area contributed by atoms with E-state index in [1.54, 1.807) is 19.1 Å². The number of hydrogen-bond acceptors (Lipinski definition) is 8. The lowest BCUT2D eigenvalue weighted by Gasteiger charge is -2.23. The van der Waals surface area contributed by atoms with Gasteiger partial charge in [0, 0.05) is 11.6 Å². The van der Waals surface area contributed by atoms with Crippen molar-refractivity contribution in [2.45, 2.75) is 26.0 Å². The van der Waals surface area contributed by atoms with E-state index in [4.69, 9.17) is 0 Å². The van der Waals surface area contributed by atoms with Gasteiger partial charge in [-0.2, -0.15) is 0 Å². The predicted octanol–water partition coefficient (Wildman–Crippen LogP) is 3.93. The van der Waals surface area contributed by atoms with E-state index in [1.807, 2.05) is 0 Å². The van der Waals surface area contributed by atoms with E-state index in [2.05, 4.69) is 15.2 Å². The lowest BCUT2D eigenvalue weighted by atomic mass is 10.1. The van der Waals surface area contributed by atoms with Crippen LogP contribution < -0.4 is 9.75 Å². The first-order valence-electron chi connectivity index (χ1n) is 8.20. The van der Waals surface area contributed by atoms with E-state index in [0.29, 0.717) is 23.1 Å². The molecule has 2 aromatic rings. The second-order valence-corrected chi connectivity index (χ2v) is 6.09. The Morgan fingerprint density at radius 3 is 2.45 bits per heavy atom. The highest BCUT2D eigenvalue weighted by molar-refractivity contribution is 5.66. The summed E-state index contributed by atoms with van der Waals surface area (Å²) in [5.74, 6) is -0.404. The van der Waals surface area contributed by atoms with Gasteiger partial charge in [-0.3, -0.25) is 14.9 Å². The zero-order valence-corrected chi connectivity index (χ0v) is 14.9. The van der Waals surface area contributed by atoms with Gasteiger partial charge in [-0.25, -0.2) is 10.0 Å². The number of aldehydes is 1. The molecule has 0 aromatic heterocycles. The first-order chi connectivity index (χ1) is 13.7. The van der Waals surface area contributed by atoms with E-state index in [0.717, 1.165) is 12.1 Å². The molecule has 1 aliphatic heterocycles. The molecule has 0 N–H and O–H groups in total. The molecule has 0 amide bonds. The molecule has 0 aliphatic carbocycles. The fourth-order valence-electron chi connectivity index (χ4n) is 2.79. The Bertz CT molecular complexity index is 949. The number of benzene rings is 2. The number of nitrogens with zero attached hydrogens (tertiary/aromatic N) is 5. The van der Waals surface area contributed by atoms with Crippen LogP contribution in [0.3, 0.4) is 0 Å². The van der Waals surface area contributed by atoms with Gasteiger partial charge in [0.05, 0.1) is 17.2 Å². The maximum atomic E-state index is 12.3. The van der Waals surface area contributed by atoms with Gasteiger partial charge in [0.2, 0.25) is 0 Å². The average molecular weight is 409 g/mol. The van der Waals surface area contributed by atoms with E-state index in [-0.39, 0.29) is 12.2 Å². The van der Waals surface area contributed by atoms with Crippen molar-refractivity contribution in [3.05, 3.63) is 63.7 Å². The molecule has 12 heteroatoms. The first kappa shape index (κ1) is 20.0. The van der Waals surface area contributed by atoms with Crippen LogP contribution >= 0.6 is 0 Å². The van der Waals surface area contributed by atoms with Crippen molar-refractivity contribution >= 4 is 17.7 Å². The molecule has 0 saturated carbocycles. The maximum Gasteiger partial charge on any atom is 0.573 e. The number of carbonyl (C=O) groups excluding carboxylic acids is 1. The van der Waals surface area contributed by atoms with Crippen molar-refractivity contribution in [3.63, 3.8) is 0 Å². The highest BCUT2D eigenvalue weighted by Crippen LogP contribution is 2.30. The quantitative estimate of drug-likeness (QED) is 0.407. The Hall–Kier alpha value is -3.70. The van der Waals surface area contributed by atoms with Gasteiger partial charge in [-0.15, -0.1) is 13.2 Å². The molecule has 1 aliphatic rings. The lowest BCUT2D eigenvalue weighted by Crippen LogP contribution is -2.39. The fourth-order valence-corrected chi connectivity index (χ4v) is 2.79. The molecule has 152 valence electrons. The molecule has 9 nitrogen and oxygen atoms in total. The summed E-state index contributed by atoms with van der Waals surface area (Å²) >= 11 is 0. The van der Waals surface area contributed by atoms with Crippen LogP contribution in [0.4, 0.5) is 24.5 Å². The van der Waals surface area contributed by atoms with Gasteiger partial charge >= 0.3 is 6.36 Å². The third-order valence-electron chi connectivity index (χ3n) is 4.07. The Morgan fingerprint density at radius 1 is 1.21 bits per heavy atom. The monoisotopic (exact) mass is 409 g/mol. The standard InChI is InChI=1S/C17H14F3N5O4/c1-11-8-12(2-7-15(11)25(27)28)9-23-16(10-26)24(22-21-23)13-3-5-14(6-4-13)29-17(18,19)20/h2-8,10,16H,9H2,1H3. The smallest absolute Gasteiger partial charge is 0.406 e. The number of rotatable bonds is 6. The molecule has 1 heterocycles. The molecular formula is C17H14F3N5O4. The number of carbonyl (C=O) groups is 1. The lowest BCUT2D eigenvalue weighted by molar-refractivity contribution is -0.385. The van der Waals surface area contributed by atoms with Gasteiger partial charge in [0.1, 0.15) is 5.75 Å². The second-order valence-electron chi connectivity index (χ2n) is 6.09. The highest BCUT2D eigenvalue weighted by atomic mass is 19.4. The first-order valence-corrected chi connectivity index (χ1v) is 8.20. The maximum absolute atomic E-state index is 12.3. The van der Waals surface area contributed by atoms with Crippen LogP contribution in [0, 0.1) is 17.0 Å². The third-order valence-corrected chi connectivity index (χ3v) is 4.07. The molecule has 3 rings (SSSR count). The Labute approximate surface area is 162 Å². The number of nitro groups is 1. The number of nitro benzene ring substituents is 1. The summed E-state index contributed by atoms with van der Waals surface area (Å²) < 4.78 is 40.6. The molecule has 2 aromatic carbocycles. The summed E-state index contributed by atoms with van der Waals surface area (Å²) in [6, 6.07) is 9.36. The third kappa shape index (κ3) is 4.59. The summed E-state index contributed by atoms with van der Waals surface area (Å²) in [7, 11) is 0. The van der Waals surface area contributed by atoms with Crippen LogP contribution in [0.1, 0.15) is 11.1 Å². The minimum Gasteiger partial charge on any atom is -0.406 e. The number of anilines is 1. The number of halogens is 3. The van der Waals surface area contributed by atoms with Crippen molar-refractivity contribution < 1.29 is 27.6 Å². The van der Waals surface area contributed by atoms with Crippen molar-refractivity contribution in [1.82, 2.24) is 5.01 Å². The van der Waals surface area contributed by atoms with Gasteiger partial charge in [-0.1, -0.05) is 11.3 Å². The minimum atomic E-state index is -4.81. The van der Waals surface area contributed by atoms with Gasteiger partial charge in [0.15, 0.2) is 12.5 Å². The molecular weight excluding hydrogens is 395 g/mol. The van der Waals surface area contributed by atoms with E-state index >= 15 is 0 Å². The zero-order chi connectivity index (χ0) is 21.2. The van der Waals surface area contributed by atoms with Crippen molar-refractivity contribution in [2.75, 3.05) is 5.01 Å². The summed E-state index contributed by atoms with van der Waals surface area (Å²) in [5.41, 5.74) is 1.45. The number of aryl methyl sites for hydroxylation is 1. The minimum absolute atomic E-state index is 0.0217. The normalized spacial score (nSPS) is 16.2. The summed E-state index contributed by atoms with van der Waals surface area (Å²) in [6.45, 7) is 1.75. The molecule has 0 radical (unpaired) electrons. The van der Waals surface area contributed by atoms with E-state index < -0.39 is 23.2 Å². The van der Waals surface area contributed by atoms with Crippen molar-refractivity contribution in [2.24, 2.45) is 10.4 Å². The van der Waals surface area contributed by atoms with Crippen LogP contribution in [-0.4, -0.2) is 28.7 Å². The second kappa shape index (κ2) is 7.73. The van der Waals surface area contributed by atoms with Crippen LogP contribution in [-0.2, 0) is 11.3 Å². The molecule has 1 atom stereocenters. The van der Waals surface area contributed by atoms with Crippen LogP contribution in [0.2, 0.25) is 0 Å². The summed E-state index contributed by atoms with van der Waals surface area (Å²) in [4.78, 5) is 22.0. The van der Waals surface area contributed by atoms with Gasteiger partial charge in [0.25, 0.3) is 5.69 Å². The molecule has 29 heavy (non-hydrogen) atoms. The molecule has 0 fully saturated rings.